The van der Waals surface area contributed by atoms with Gasteiger partial charge in [-0.05, 0) is 17.9 Å². The highest BCUT2D eigenvalue weighted by atomic mass is 16.5. The Morgan fingerprint density at radius 3 is 2.67 bits per heavy atom. The summed E-state index contributed by atoms with van der Waals surface area (Å²) in [4.78, 5) is 11.5. The second kappa shape index (κ2) is 8.51. The van der Waals surface area contributed by atoms with E-state index in [-0.39, 0.29) is 5.97 Å². The molecular formula is C16H22O2. The van der Waals surface area contributed by atoms with Crippen LogP contribution in [0.15, 0.2) is 42.5 Å². The van der Waals surface area contributed by atoms with Gasteiger partial charge in [-0.15, -0.1) is 0 Å². The minimum atomic E-state index is -0.167. The summed E-state index contributed by atoms with van der Waals surface area (Å²) in [5.74, 6) is 0.515. The monoisotopic (exact) mass is 246 g/mol. The summed E-state index contributed by atoms with van der Waals surface area (Å²) in [7, 11) is 0. The van der Waals surface area contributed by atoms with Crippen molar-refractivity contribution >= 4 is 5.97 Å². The normalized spacial score (nSPS) is 12.6. The van der Waals surface area contributed by atoms with E-state index in [2.05, 4.69) is 19.9 Å². The second-order valence-electron chi connectivity index (χ2n) is 4.57. The van der Waals surface area contributed by atoms with Crippen molar-refractivity contribution < 1.29 is 9.53 Å². The molecule has 0 heterocycles. The fourth-order valence-corrected chi connectivity index (χ4v) is 1.47. The van der Waals surface area contributed by atoms with Crippen LogP contribution in [0.1, 0.15) is 38.7 Å². The van der Waals surface area contributed by atoms with Gasteiger partial charge in [0.25, 0.3) is 0 Å². The molecule has 98 valence electrons. The Hall–Kier alpha value is -1.57. The molecule has 0 spiro atoms. The topological polar surface area (TPSA) is 26.3 Å². The quantitative estimate of drug-likeness (QED) is 0.534. The largest absolute Gasteiger partial charge is 0.461 e. The van der Waals surface area contributed by atoms with Crippen molar-refractivity contribution in [1.82, 2.24) is 0 Å². The molecule has 1 rings (SSSR count). The Bertz CT molecular complexity index is 368. The molecule has 0 saturated heterocycles. The van der Waals surface area contributed by atoms with Gasteiger partial charge in [0.1, 0.15) is 6.61 Å². The zero-order valence-electron chi connectivity index (χ0n) is 11.3. The lowest BCUT2D eigenvalue weighted by Crippen LogP contribution is -2.02. The van der Waals surface area contributed by atoms with Crippen LogP contribution in [0.4, 0.5) is 0 Å². The lowest BCUT2D eigenvalue weighted by Gasteiger charge is -2.04. The fourth-order valence-electron chi connectivity index (χ4n) is 1.47. The molecule has 2 heteroatoms. The van der Waals surface area contributed by atoms with Gasteiger partial charge in [0.05, 0.1) is 6.42 Å². The Kier molecular flexibility index (Phi) is 6.85. The van der Waals surface area contributed by atoms with Gasteiger partial charge >= 0.3 is 5.97 Å². The number of allylic oxidation sites excluding steroid dienone is 1. The molecule has 1 aromatic rings. The fraction of sp³-hybridized carbons (Fsp3) is 0.438. The molecule has 0 radical (unpaired) electrons. The van der Waals surface area contributed by atoms with Crippen molar-refractivity contribution in [2.24, 2.45) is 5.92 Å². The molecule has 0 aliphatic heterocycles. The maximum atomic E-state index is 11.5. The summed E-state index contributed by atoms with van der Waals surface area (Å²) in [5, 5.41) is 0. The summed E-state index contributed by atoms with van der Waals surface area (Å²) >= 11 is 0. The lowest BCUT2D eigenvalue weighted by atomic mass is 10.1. The number of benzene rings is 1. The number of hydrogen-bond donors (Lipinski definition) is 0. The van der Waals surface area contributed by atoms with Crippen molar-refractivity contribution in [3.05, 3.63) is 48.0 Å². The Morgan fingerprint density at radius 1 is 1.28 bits per heavy atom. The molecule has 0 N–H and O–H groups in total. The predicted octanol–water partition coefficient (Wildman–Crippen LogP) is 4.11. The van der Waals surface area contributed by atoms with Gasteiger partial charge in [-0.3, -0.25) is 4.79 Å². The first-order chi connectivity index (χ1) is 8.72. The van der Waals surface area contributed by atoms with E-state index < -0.39 is 0 Å². The van der Waals surface area contributed by atoms with Crippen molar-refractivity contribution in [1.29, 1.82) is 0 Å². The number of rotatable bonds is 7. The first-order valence-corrected chi connectivity index (χ1v) is 6.57. The molecule has 0 fully saturated rings. The Balaban J connectivity index is 2.18. The summed E-state index contributed by atoms with van der Waals surface area (Å²) in [6.07, 6.45) is 6.53. The zero-order valence-corrected chi connectivity index (χ0v) is 11.3. The van der Waals surface area contributed by atoms with E-state index in [1.54, 1.807) is 0 Å². The van der Waals surface area contributed by atoms with Crippen LogP contribution in [0, 0.1) is 5.92 Å². The number of carbonyl (C=O) groups is 1. The van der Waals surface area contributed by atoms with Crippen LogP contribution in [-0.4, -0.2) is 5.97 Å². The molecule has 0 bridgehead atoms. The molecule has 0 amide bonds. The smallest absolute Gasteiger partial charge is 0.309 e. The SMILES string of the molecule is CCC(C)CC=CCC(=O)OCc1ccccc1. The molecular weight excluding hydrogens is 224 g/mol. The second-order valence-corrected chi connectivity index (χ2v) is 4.57. The Labute approximate surface area is 110 Å². The summed E-state index contributed by atoms with van der Waals surface area (Å²) in [6.45, 7) is 4.74. The standard InChI is InChI=1S/C16H22O2/c1-3-14(2)9-7-8-12-16(17)18-13-15-10-5-4-6-11-15/h4-8,10-11,14H,3,9,12-13H2,1-2H3. The first-order valence-electron chi connectivity index (χ1n) is 6.57. The highest BCUT2D eigenvalue weighted by molar-refractivity contribution is 5.71. The maximum absolute atomic E-state index is 11.5. The van der Waals surface area contributed by atoms with E-state index in [9.17, 15) is 4.79 Å². The molecule has 0 aromatic heterocycles. The van der Waals surface area contributed by atoms with Crippen molar-refractivity contribution in [2.45, 2.75) is 39.7 Å². The highest BCUT2D eigenvalue weighted by Gasteiger charge is 2.00. The van der Waals surface area contributed by atoms with Gasteiger partial charge in [-0.2, -0.15) is 0 Å². The molecule has 2 nitrogen and oxygen atoms in total. The highest BCUT2D eigenvalue weighted by Crippen LogP contribution is 2.07. The van der Waals surface area contributed by atoms with Crippen molar-refractivity contribution in [3.8, 4) is 0 Å². The van der Waals surface area contributed by atoms with Gasteiger partial charge < -0.3 is 4.74 Å². The predicted molar refractivity (Wildman–Crippen MR) is 74.1 cm³/mol. The number of carbonyl (C=O) groups excluding carboxylic acids is 1. The van der Waals surface area contributed by atoms with E-state index >= 15 is 0 Å². The van der Waals surface area contributed by atoms with Gasteiger partial charge in [-0.25, -0.2) is 0 Å². The maximum Gasteiger partial charge on any atom is 0.309 e. The van der Waals surface area contributed by atoms with Gasteiger partial charge in [0.2, 0.25) is 0 Å². The van der Waals surface area contributed by atoms with E-state index in [1.807, 2.05) is 36.4 Å². The average Bonchev–Trinajstić information content (AvgIpc) is 2.42. The molecule has 0 saturated carbocycles. The van der Waals surface area contributed by atoms with Gasteiger partial charge in [0, 0.05) is 0 Å². The molecule has 1 unspecified atom stereocenters. The third-order valence-electron chi connectivity index (χ3n) is 2.93. The average molecular weight is 246 g/mol. The van der Waals surface area contributed by atoms with Gasteiger partial charge in [-0.1, -0.05) is 62.8 Å². The first kappa shape index (κ1) is 14.5. The zero-order chi connectivity index (χ0) is 13.2. The number of ether oxygens (including phenoxy) is 1. The Morgan fingerprint density at radius 2 is 2.00 bits per heavy atom. The van der Waals surface area contributed by atoms with Crippen LogP contribution < -0.4 is 0 Å². The van der Waals surface area contributed by atoms with Crippen molar-refractivity contribution in [3.63, 3.8) is 0 Å². The van der Waals surface area contributed by atoms with Crippen LogP contribution in [-0.2, 0) is 16.1 Å². The van der Waals surface area contributed by atoms with E-state index in [0.717, 1.165) is 12.0 Å². The third-order valence-corrected chi connectivity index (χ3v) is 2.93. The van der Waals surface area contributed by atoms with Crippen LogP contribution >= 0.6 is 0 Å². The van der Waals surface area contributed by atoms with Crippen LogP contribution in [0.3, 0.4) is 0 Å². The number of hydrogen-bond acceptors (Lipinski definition) is 2. The summed E-state index contributed by atoms with van der Waals surface area (Å²) in [6, 6.07) is 9.73. The van der Waals surface area contributed by atoms with E-state index in [4.69, 9.17) is 4.74 Å². The van der Waals surface area contributed by atoms with Crippen molar-refractivity contribution in [2.75, 3.05) is 0 Å². The minimum absolute atomic E-state index is 0.167. The third kappa shape index (κ3) is 6.24. The summed E-state index contributed by atoms with van der Waals surface area (Å²) in [5.41, 5.74) is 1.02. The molecule has 1 aromatic carbocycles. The molecule has 1 atom stereocenters. The van der Waals surface area contributed by atoms with E-state index in [1.165, 1.54) is 6.42 Å². The van der Waals surface area contributed by atoms with Crippen LogP contribution in [0.2, 0.25) is 0 Å². The van der Waals surface area contributed by atoms with Crippen LogP contribution in [0.25, 0.3) is 0 Å². The molecule has 18 heavy (non-hydrogen) atoms. The lowest BCUT2D eigenvalue weighted by molar-refractivity contribution is -0.143. The molecule has 0 aliphatic rings. The summed E-state index contributed by atoms with van der Waals surface area (Å²) < 4.78 is 5.17. The molecule has 0 aliphatic carbocycles. The van der Waals surface area contributed by atoms with Gasteiger partial charge in [0.15, 0.2) is 0 Å². The van der Waals surface area contributed by atoms with Crippen LogP contribution in [0.5, 0.6) is 0 Å². The van der Waals surface area contributed by atoms with E-state index in [0.29, 0.717) is 18.9 Å². The number of esters is 1. The minimum Gasteiger partial charge on any atom is -0.461 e.